The van der Waals surface area contributed by atoms with Crippen molar-refractivity contribution in [1.82, 2.24) is 0 Å². The summed E-state index contributed by atoms with van der Waals surface area (Å²) in [4.78, 5) is 0. The van der Waals surface area contributed by atoms with Crippen LogP contribution in [0.15, 0.2) is 12.7 Å². The van der Waals surface area contributed by atoms with Gasteiger partial charge in [-0.1, -0.05) is 25.8 Å². The first-order valence-electron chi connectivity index (χ1n) is 4.30. The molecular weight excluding hydrogens is 218 g/mol. The summed E-state index contributed by atoms with van der Waals surface area (Å²) in [5.41, 5.74) is 5.50. The van der Waals surface area contributed by atoms with Gasteiger partial charge in [-0.3, -0.25) is 0 Å². The Hall–Kier alpha value is 0.140. The van der Waals surface area contributed by atoms with Crippen LogP contribution in [0.4, 0.5) is 0 Å². The molecular formula is C9H18BrNO. The van der Waals surface area contributed by atoms with Crippen molar-refractivity contribution in [2.24, 2.45) is 5.73 Å². The van der Waals surface area contributed by atoms with Crippen molar-refractivity contribution in [2.75, 3.05) is 0 Å². The lowest BCUT2D eigenvalue weighted by atomic mass is 10.1. The topological polar surface area (TPSA) is 38.5 Å². The summed E-state index contributed by atoms with van der Waals surface area (Å²) in [6, 6.07) is 0. The first-order chi connectivity index (χ1) is 5.23. The average molecular weight is 236 g/mol. The van der Waals surface area contributed by atoms with Crippen LogP contribution in [-0.4, -0.2) is 11.8 Å². The van der Waals surface area contributed by atoms with Gasteiger partial charge in [0.25, 0.3) is 0 Å². The lowest BCUT2D eigenvalue weighted by molar-refractivity contribution is 0.296. The minimum atomic E-state index is -0.350. The van der Waals surface area contributed by atoms with Gasteiger partial charge in [0.1, 0.15) is 11.8 Å². The van der Waals surface area contributed by atoms with Crippen molar-refractivity contribution < 1.29 is 4.74 Å². The summed E-state index contributed by atoms with van der Waals surface area (Å²) in [5, 5.41) is 0. The first kappa shape index (κ1) is 12.1. The van der Waals surface area contributed by atoms with Gasteiger partial charge in [0.15, 0.2) is 0 Å². The van der Waals surface area contributed by atoms with E-state index in [2.05, 4.69) is 13.5 Å². The monoisotopic (exact) mass is 235 g/mol. The number of nitrogens with two attached hydrogens (primary N) is 1. The Bertz CT molecular complexity index is 151. The zero-order chi connectivity index (χ0) is 8.32. The summed E-state index contributed by atoms with van der Waals surface area (Å²) in [7, 11) is 0. The van der Waals surface area contributed by atoms with Gasteiger partial charge in [0.2, 0.25) is 0 Å². The second kappa shape index (κ2) is 5.00. The molecule has 1 heterocycles. The Kier molecular flexibility index (Phi) is 5.06. The van der Waals surface area contributed by atoms with E-state index in [0.717, 1.165) is 12.8 Å². The van der Waals surface area contributed by atoms with Gasteiger partial charge in [-0.2, -0.15) is 0 Å². The number of ether oxygens (including phenoxy) is 1. The van der Waals surface area contributed by atoms with Gasteiger partial charge in [0, 0.05) is 6.42 Å². The maximum absolute atomic E-state index is 5.85. The second-order valence-electron chi connectivity index (χ2n) is 3.20. The lowest BCUT2D eigenvalue weighted by Crippen LogP contribution is -2.26. The molecule has 0 bridgehead atoms. The average Bonchev–Trinajstić information content (AvgIpc) is 2.58. The molecule has 1 saturated heterocycles. The molecule has 2 unspecified atom stereocenters. The Balaban J connectivity index is 0.00000121. The Morgan fingerprint density at radius 1 is 1.67 bits per heavy atom. The van der Waals surface area contributed by atoms with Gasteiger partial charge >= 0.3 is 0 Å². The summed E-state index contributed by atoms with van der Waals surface area (Å²) >= 11 is 0. The predicted molar refractivity (Wildman–Crippen MR) is 56.5 cm³/mol. The van der Waals surface area contributed by atoms with E-state index in [1.54, 1.807) is 0 Å². The van der Waals surface area contributed by atoms with Gasteiger partial charge in [0.05, 0.1) is 0 Å². The third-order valence-electron chi connectivity index (χ3n) is 2.13. The molecule has 0 spiro atoms. The molecule has 1 fully saturated rings. The molecule has 0 amide bonds. The fourth-order valence-electron chi connectivity index (χ4n) is 1.33. The lowest BCUT2D eigenvalue weighted by Gasteiger charge is -2.00. The number of rotatable bonds is 5. The minimum absolute atomic E-state index is 0. The van der Waals surface area contributed by atoms with E-state index in [0.29, 0.717) is 6.10 Å². The molecule has 2 atom stereocenters. The minimum Gasteiger partial charge on any atom is -0.350 e. The van der Waals surface area contributed by atoms with Crippen LogP contribution in [0.1, 0.15) is 32.6 Å². The number of epoxide rings is 1. The number of hydrogen-bond donors (Lipinski definition) is 1. The van der Waals surface area contributed by atoms with E-state index >= 15 is 0 Å². The molecule has 0 aromatic heterocycles. The van der Waals surface area contributed by atoms with Crippen LogP contribution >= 0.6 is 17.0 Å². The normalized spacial score (nSPS) is 32.3. The Labute approximate surface area is 84.9 Å². The Morgan fingerprint density at radius 2 is 2.33 bits per heavy atom. The molecule has 1 aliphatic heterocycles. The van der Waals surface area contributed by atoms with Crippen molar-refractivity contribution in [2.45, 2.75) is 44.4 Å². The van der Waals surface area contributed by atoms with Crippen molar-refractivity contribution in [3.8, 4) is 0 Å². The largest absolute Gasteiger partial charge is 0.350 e. The highest BCUT2D eigenvalue weighted by Crippen LogP contribution is 2.37. The van der Waals surface area contributed by atoms with Gasteiger partial charge in [-0.25, -0.2) is 0 Å². The van der Waals surface area contributed by atoms with E-state index < -0.39 is 0 Å². The van der Waals surface area contributed by atoms with Crippen molar-refractivity contribution in [3.05, 3.63) is 12.7 Å². The molecule has 2 N–H and O–H groups in total. The Morgan fingerprint density at radius 3 is 2.83 bits per heavy atom. The molecule has 0 aliphatic carbocycles. The molecule has 1 aliphatic rings. The fourth-order valence-corrected chi connectivity index (χ4v) is 1.33. The second-order valence-corrected chi connectivity index (χ2v) is 3.20. The van der Waals surface area contributed by atoms with Crippen molar-refractivity contribution >= 4 is 17.0 Å². The van der Waals surface area contributed by atoms with Crippen LogP contribution in [0.3, 0.4) is 0 Å². The van der Waals surface area contributed by atoms with Crippen LogP contribution in [0.2, 0.25) is 0 Å². The molecule has 1 rings (SSSR count). The highest BCUT2D eigenvalue weighted by Gasteiger charge is 2.51. The maximum Gasteiger partial charge on any atom is 0.147 e. The van der Waals surface area contributed by atoms with Crippen LogP contribution in [0, 0.1) is 0 Å². The highest BCUT2D eigenvalue weighted by atomic mass is 79.9. The summed E-state index contributed by atoms with van der Waals surface area (Å²) in [6.07, 6.45) is 6.42. The third kappa shape index (κ3) is 2.88. The maximum atomic E-state index is 5.85. The van der Waals surface area contributed by atoms with Gasteiger partial charge in [-0.15, -0.1) is 23.6 Å². The molecule has 72 valence electrons. The fraction of sp³-hybridized carbons (Fsp3) is 0.778. The smallest absolute Gasteiger partial charge is 0.147 e. The SMILES string of the molecule is Br.C=CCC1(N)OC1CCCC. The first-order valence-corrected chi connectivity index (χ1v) is 4.30. The van der Waals surface area contributed by atoms with Crippen LogP contribution < -0.4 is 5.73 Å². The van der Waals surface area contributed by atoms with Gasteiger partial charge < -0.3 is 10.5 Å². The molecule has 2 nitrogen and oxygen atoms in total. The van der Waals surface area contributed by atoms with E-state index in [4.69, 9.17) is 10.5 Å². The van der Waals surface area contributed by atoms with Crippen LogP contribution in [-0.2, 0) is 4.74 Å². The van der Waals surface area contributed by atoms with Gasteiger partial charge in [-0.05, 0) is 6.42 Å². The van der Waals surface area contributed by atoms with Crippen molar-refractivity contribution in [3.63, 3.8) is 0 Å². The quantitative estimate of drug-likeness (QED) is 0.588. The zero-order valence-electron chi connectivity index (χ0n) is 7.58. The van der Waals surface area contributed by atoms with E-state index in [1.807, 2.05) is 6.08 Å². The van der Waals surface area contributed by atoms with E-state index in [1.165, 1.54) is 12.8 Å². The zero-order valence-corrected chi connectivity index (χ0v) is 9.30. The van der Waals surface area contributed by atoms with E-state index in [9.17, 15) is 0 Å². The number of hydrogen-bond acceptors (Lipinski definition) is 2. The molecule has 3 heteroatoms. The molecule has 0 aromatic rings. The van der Waals surface area contributed by atoms with Crippen molar-refractivity contribution in [1.29, 1.82) is 0 Å². The summed E-state index contributed by atoms with van der Waals surface area (Å²) in [5.74, 6) is 0. The van der Waals surface area contributed by atoms with E-state index in [-0.39, 0.29) is 22.7 Å². The molecule has 0 radical (unpaired) electrons. The molecule has 0 saturated carbocycles. The number of halogens is 1. The van der Waals surface area contributed by atoms with Crippen LogP contribution in [0.25, 0.3) is 0 Å². The number of unbranched alkanes of at least 4 members (excludes halogenated alkanes) is 1. The standard InChI is InChI=1S/C9H17NO.BrH/c1-3-5-6-8-9(10,11-8)7-4-2;/h4,8H,2-3,5-7,10H2,1H3;1H. The summed E-state index contributed by atoms with van der Waals surface area (Å²) in [6.45, 7) is 5.82. The highest BCUT2D eigenvalue weighted by molar-refractivity contribution is 8.93. The summed E-state index contributed by atoms with van der Waals surface area (Å²) < 4.78 is 5.35. The molecule has 12 heavy (non-hydrogen) atoms. The van der Waals surface area contributed by atoms with Crippen LogP contribution in [0.5, 0.6) is 0 Å². The molecule has 0 aromatic carbocycles. The third-order valence-corrected chi connectivity index (χ3v) is 2.13. The predicted octanol–water partition coefficient (Wildman–Crippen LogP) is 2.38.